The Morgan fingerprint density at radius 3 is 2.60 bits per heavy atom. The first-order valence-electron chi connectivity index (χ1n) is 11.2. The van der Waals surface area contributed by atoms with Gasteiger partial charge in [-0.2, -0.15) is 5.10 Å². The zero-order valence-corrected chi connectivity index (χ0v) is 21.0. The van der Waals surface area contributed by atoms with Crippen molar-refractivity contribution in [3.8, 4) is 5.75 Å². The van der Waals surface area contributed by atoms with E-state index >= 15 is 0 Å². The van der Waals surface area contributed by atoms with Crippen molar-refractivity contribution >= 4 is 39.2 Å². The van der Waals surface area contributed by atoms with E-state index in [4.69, 9.17) is 20.6 Å². The summed E-state index contributed by atoms with van der Waals surface area (Å²) < 4.78 is 14.7. The maximum atomic E-state index is 12.7. The van der Waals surface area contributed by atoms with Gasteiger partial charge in [0.1, 0.15) is 24.0 Å². The molecule has 0 aliphatic carbocycles. The number of nitrogens with zero attached hydrogens (tertiary/aromatic N) is 2. The molecule has 0 radical (unpaired) electrons. The first-order chi connectivity index (χ1) is 16.6. The van der Waals surface area contributed by atoms with E-state index in [2.05, 4.69) is 10.4 Å². The standard InChI is InChI=1S/C26H29N5O3S/c1-16-13-23(31(30-16)26(2,3)4)29-25(32)33-15-20(17-9-6-5-7-10-17)34-19-11-8-12-21-18(19)14-22(35-21)24(27)28/h5-14,20H,15H2,1-4H3,(H3,27,28)(H,29,32). The van der Waals surface area contributed by atoms with Crippen LogP contribution in [0.25, 0.3) is 10.1 Å². The molecule has 0 aliphatic heterocycles. The van der Waals surface area contributed by atoms with Gasteiger partial charge in [-0.25, -0.2) is 9.48 Å². The van der Waals surface area contributed by atoms with Crippen LogP contribution in [0.3, 0.4) is 0 Å². The van der Waals surface area contributed by atoms with E-state index in [1.807, 2.05) is 88.4 Å². The van der Waals surface area contributed by atoms with Crippen molar-refractivity contribution in [2.45, 2.75) is 39.3 Å². The van der Waals surface area contributed by atoms with Crippen LogP contribution in [0.15, 0.2) is 60.7 Å². The fourth-order valence-electron chi connectivity index (χ4n) is 3.68. The zero-order chi connectivity index (χ0) is 25.2. The van der Waals surface area contributed by atoms with E-state index in [1.165, 1.54) is 11.3 Å². The second-order valence-electron chi connectivity index (χ2n) is 9.19. The minimum absolute atomic E-state index is 0.00141. The highest BCUT2D eigenvalue weighted by molar-refractivity contribution is 7.20. The molecule has 0 saturated heterocycles. The molecule has 9 heteroatoms. The maximum Gasteiger partial charge on any atom is 0.412 e. The summed E-state index contributed by atoms with van der Waals surface area (Å²) in [5, 5.41) is 15.9. The molecule has 0 fully saturated rings. The summed E-state index contributed by atoms with van der Waals surface area (Å²) in [6.45, 7) is 7.91. The number of fused-ring (bicyclic) bond motifs is 1. The van der Waals surface area contributed by atoms with E-state index in [9.17, 15) is 4.79 Å². The van der Waals surface area contributed by atoms with Crippen molar-refractivity contribution in [3.05, 3.63) is 76.8 Å². The number of anilines is 1. The third-order valence-corrected chi connectivity index (χ3v) is 6.42. The second-order valence-corrected chi connectivity index (χ2v) is 10.3. The first-order valence-corrected chi connectivity index (χ1v) is 12.0. The summed E-state index contributed by atoms with van der Waals surface area (Å²) in [6.07, 6.45) is -1.13. The molecule has 8 nitrogen and oxygen atoms in total. The van der Waals surface area contributed by atoms with Gasteiger partial charge >= 0.3 is 6.09 Å². The summed E-state index contributed by atoms with van der Waals surface area (Å²) in [4.78, 5) is 13.4. The Hall–Kier alpha value is -3.85. The molecule has 4 N–H and O–H groups in total. The van der Waals surface area contributed by atoms with Gasteiger partial charge in [0.05, 0.1) is 16.1 Å². The van der Waals surface area contributed by atoms with Crippen LogP contribution >= 0.6 is 11.3 Å². The minimum atomic E-state index is -0.590. The van der Waals surface area contributed by atoms with E-state index in [1.54, 1.807) is 4.68 Å². The van der Waals surface area contributed by atoms with Gasteiger partial charge in [-0.15, -0.1) is 11.3 Å². The van der Waals surface area contributed by atoms with Gasteiger partial charge in [0.2, 0.25) is 0 Å². The van der Waals surface area contributed by atoms with E-state index < -0.39 is 12.2 Å². The number of ether oxygens (including phenoxy) is 2. The molecule has 1 unspecified atom stereocenters. The molecule has 1 atom stereocenters. The van der Waals surface area contributed by atoms with Gasteiger partial charge in [-0.3, -0.25) is 10.7 Å². The third kappa shape index (κ3) is 5.63. The number of amidine groups is 1. The normalized spacial score (nSPS) is 12.3. The molecule has 0 aliphatic rings. The van der Waals surface area contributed by atoms with Crippen LogP contribution in [0.5, 0.6) is 5.75 Å². The molecule has 0 spiro atoms. The van der Waals surface area contributed by atoms with Crippen molar-refractivity contribution in [2.24, 2.45) is 5.73 Å². The molecule has 2 aromatic heterocycles. The number of thiophene rings is 1. The average molecular weight is 492 g/mol. The van der Waals surface area contributed by atoms with Crippen molar-refractivity contribution in [2.75, 3.05) is 11.9 Å². The summed E-state index contributed by atoms with van der Waals surface area (Å²) in [6, 6.07) is 19.0. The van der Waals surface area contributed by atoms with Crippen LogP contribution in [-0.4, -0.2) is 28.3 Å². The molecular weight excluding hydrogens is 462 g/mol. The average Bonchev–Trinajstić information content (AvgIpc) is 3.41. The van der Waals surface area contributed by atoms with Crippen molar-refractivity contribution in [3.63, 3.8) is 0 Å². The maximum absolute atomic E-state index is 12.7. The van der Waals surface area contributed by atoms with Crippen LogP contribution in [0.2, 0.25) is 0 Å². The summed E-state index contributed by atoms with van der Waals surface area (Å²) in [5.74, 6) is 1.21. The number of carbonyl (C=O) groups is 1. The minimum Gasteiger partial charge on any atom is -0.481 e. The lowest BCUT2D eigenvalue weighted by molar-refractivity contribution is 0.0908. The van der Waals surface area contributed by atoms with Gasteiger partial charge in [0, 0.05) is 16.2 Å². The number of nitrogens with one attached hydrogen (secondary N) is 2. The highest BCUT2D eigenvalue weighted by atomic mass is 32.1. The monoisotopic (exact) mass is 491 g/mol. The Balaban J connectivity index is 1.54. The number of carbonyl (C=O) groups excluding carboxylic acids is 1. The number of hydrogen-bond donors (Lipinski definition) is 3. The number of amides is 1. The predicted octanol–water partition coefficient (Wildman–Crippen LogP) is 5.81. The molecule has 0 saturated carbocycles. The predicted molar refractivity (Wildman–Crippen MR) is 140 cm³/mol. The fourth-order valence-corrected chi connectivity index (χ4v) is 4.62. The van der Waals surface area contributed by atoms with Gasteiger partial charge in [0.15, 0.2) is 6.10 Å². The molecule has 35 heavy (non-hydrogen) atoms. The lowest BCUT2D eigenvalue weighted by Gasteiger charge is -2.23. The molecule has 2 aromatic carbocycles. The lowest BCUT2D eigenvalue weighted by atomic mass is 10.1. The van der Waals surface area contributed by atoms with Crippen LogP contribution in [0, 0.1) is 12.3 Å². The topological polar surface area (TPSA) is 115 Å². The second kappa shape index (κ2) is 9.79. The van der Waals surface area contributed by atoms with Crippen LogP contribution in [0.1, 0.15) is 43.0 Å². The quantitative estimate of drug-likeness (QED) is 0.223. The highest BCUT2D eigenvalue weighted by Gasteiger charge is 2.22. The zero-order valence-electron chi connectivity index (χ0n) is 20.2. The molecule has 2 heterocycles. The van der Waals surface area contributed by atoms with Crippen molar-refractivity contribution in [1.29, 1.82) is 5.41 Å². The molecule has 0 bridgehead atoms. The lowest BCUT2D eigenvalue weighted by Crippen LogP contribution is -2.28. The van der Waals surface area contributed by atoms with Crippen molar-refractivity contribution in [1.82, 2.24) is 9.78 Å². The Bertz CT molecular complexity index is 1350. The number of nitrogens with two attached hydrogens (primary N) is 1. The molecule has 4 rings (SSSR count). The van der Waals surface area contributed by atoms with Gasteiger partial charge in [0.25, 0.3) is 0 Å². The Kier molecular flexibility index (Phi) is 6.79. The number of rotatable bonds is 7. The summed E-state index contributed by atoms with van der Waals surface area (Å²) >= 11 is 1.43. The van der Waals surface area contributed by atoms with E-state index in [0.717, 1.165) is 21.3 Å². The fraction of sp³-hybridized carbons (Fsp3) is 0.269. The van der Waals surface area contributed by atoms with E-state index in [0.29, 0.717) is 16.4 Å². The smallest absolute Gasteiger partial charge is 0.412 e. The number of nitrogen functional groups attached to an aromatic ring is 1. The summed E-state index contributed by atoms with van der Waals surface area (Å²) in [7, 11) is 0. The van der Waals surface area contributed by atoms with Gasteiger partial charge in [-0.05, 0) is 51.5 Å². The third-order valence-electron chi connectivity index (χ3n) is 5.29. The van der Waals surface area contributed by atoms with Crippen molar-refractivity contribution < 1.29 is 14.3 Å². The highest BCUT2D eigenvalue weighted by Crippen LogP contribution is 2.35. The number of aryl methyl sites for hydroxylation is 1. The van der Waals surface area contributed by atoms with E-state index in [-0.39, 0.29) is 18.0 Å². The molecule has 1 amide bonds. The SMILES string of the molecule is Cc1cc(NC(=O)OCC(Oc2cccc3sc(C(=N)N)cc23)c2ccccc2)n(C(C)(C)C)n1. The largest absolute Gasteiger partial charge is 0.481 e. The number of hydrogen-bond acceptors (Lipinski definition) is 6. The Labute approximate surface area is 208 Å². The molecule has 4 aromatic rings. The van der Waals surface area contributed by atoms with Crippen LogP contribution in [-0.2, 0) is 10.3 Å². The molecular formula is C26H29N5O3S. The number of aromatic nitrogens is 2. The Morgan fingerprint density at radius 1 is 1.17 bits per heavy atom. The van der Waals surface area contributed by atoms with Gasteiger partial charge < -0.3 is 15.2 Å². The first kappa shape index (κ1) is 24.3. The molecule has 182 valence electrons. The van der Waals surface area contributed by atoms with Crippen LogP contribution < -0.4 is 15.8 Å². The Morgan fingerprint density at radius 2 is 1.91 bits per heavy atom. The van der Waals surface area contributed by atoms with Crippen LogP contribution in [0.4, 0.5) is 10.6 Å². The van der Waals surface area contributed by atoms with Gasteiger partial charge in [-0.1, -0.05) is 36.4 Å². The number of benzene rings is 2. The summed E-state index contributed by atoms with van der Waals surface area (Å²) in [5.41, 5.74) is 7.06.